The zero-order valence-corrected chi connectivity index (χ0v) is 20.4. The lowest BCUT2D eigenvalue weighted by atomic mass is 9.90. The predicted molar refractivity (Wildman–Crippen MR) is 132 cm³/mol. The van der Waals surface area contributed by atoms with E-state index in [1.807, 2.05) is 50.2 Å². The van der Waals surface area contributed by atoms with Gasteiger partial charge in [0.1, 0.15) is 12.6 Å². The number of aliphatic carboxylic acids is 1. The number of carboxylic acid groups (broad SMARTS) is 1. The van der Waals surface area contributed by atoms with Gasteiger partial charge in [-0.3, -0.25) is 9.59 Å². The highest BCUT2D eigenvalue weighted by Crippen LogP contribution is 2.44. The fourth-order valence-electron chi connectivity index (χ4n) is 5.26. The summed E-state index contributed by atoms with van der Waals surface area (Å²) in [4.78, 5) is 41.0. The zero-order chi connectivity index (χ0) is 25.1. The maximum Gasteiger partial charge on any atom is 0.407 e. The summed E-state index contributed by atoms with van der Waals surface area (Å²) in [5.74, 6) is -1.79. The van der Waals surface area contributed by atoms with Gasteiger partial charge in [-0.05, 0) is 48.7 Å². The molecule has 1 saturated heterocycles. The molecule has 1 aliphatic carbocycles. The van der Waals surface area contributed by atoms with E-state index in [1.54, 1.807) is 4.90 Å². The summed E-state index contributed by atoms with van der Waals surface area (Å²) in [6, 6.07) is 15.4. The molecule has 8 heteroatoms. The molecule has 3 atom stereocenters. The van der Waals surface area contributed by atoms with E-state index in [0.717, 1.165) is 22.3 Å². The number of fused-ring (bicyclic) bond motifs is 3. The molecule has 1 aliphatic heterocycles. The molecule has 0 aromatic heterocycles. The molecular formula is C27H33N3O5. The predicted octanol–water partition coefficient (Wildman–Crippen LogP) is 3.02. The van der Waals surface area contributed by atoms with Crippen molar-refractivity contribution in [2.45, 2.75) is 25.3 Å². The van der Waals surface area contributed by atoms with Crippen LogP contribution in [0.5, 0.6) is 0 Å². The molecule has 0 radical (unpaired) electrons. The van der Waals surface area contributed by atoms with Gasteiger partial charge in [0.25, 0.3) is 0 Å². The van der Waals surface area contributed by atoms with Crippen molar-refractivity contribution in [2.24, 2.45) is 11.8 Å². The van der Waals surface area contributed by atoms with Crippen molar-refractivity contribution in [3.63, 3.8) is 0 Å². The fraction of sp³-hybridized carbons (Fsp3) is 0.444. The average molecular weight is 480 g/mol. The van der Waals surface area contributed by atoms with Gasteiger partial charge in [0.2, 0.25) is 5.91 Å². The van der Waals surface area contributed by atoms with Crippen molar-refractivity contribution < 1.29 is 24.2 Å². The van der Waals surface area contributed by atoms with Gasteiger partial charge in [0, 0.05) is 25.6 Å². The Morgan fingerprint density at radius 2 is 1.66 bits per heavy atom. The molecule has 0 spiro atoms. The largest absolute Gasteiger partial charge is 0.481 e. The molecule has 186 valence electrons. The van der Waals surface area contributed by atoms with E-state index in [2.05, 4.69) is 29.6 Å². The lowest BCUT2D eigenvalue weighted by Gasteiger charge is -2.37. The van der Waals surface area contributed by atoms with Gasteiger partial charge >= 0.3 is 12.1 Å². The number of carbonyl (C=O) groups excluding carboxylic acids is 2. The van der Waals surface area contributed by atoms with Crippen LogP contribution in [0.2, 0.25) is 0 Å². The normalized spacial score (nSPS) is 20.2. The third-order valence-electron chi connectivity index (χ3n) is 6.80. The zero-order valence-electron chi connectivity index (χ0n) is 20.4. The summed E-state index contributed by atoms with van der Waals surface area (Å²) >= 11 is 0. The Labute approximate surface area is 205 Å². The molecule has 0 saturated carbocycles. The highest BCUT2D eigenvalue weighted by atomic mass is 16.5. The molecule has 1 fully saturated rings. The molecule has 4 rings (SSSR count). The fourth-order valence-corrected chi connectivity index (χ4v) is 5.26. The van der Waals surface area contributed by atoms with E-state index >= 15 is 0 Å². The van der Waals surface area contributed by atoms with Gasteiger partial charge < -0.3 is 25.0 Å². The molecule has 3 unspecified atom stereocenters. The number of alkyl carbamates (subject to hydrolysis) is 1. The second-order valence-corrected chi connectivity index (χ2v) is 9.90. The maximum atomic E-state index is 13.3. The highest BCUT2D eigenvalue weighted by molar-refractivity contribution is 5.87. The lowest BCUT2D eigenvalue weighted by molar-refractivity contribution is -0.147. The molecule has 8 nitrogen and oxygen atoms in total. The molecule has 0 bridgehead atoms. The Morgan fingerprint density at radius 3 is 2.23 bits per heavy atom. The number of rotatable bonds is 7. The van der Waals surface area contributed by atoms with Gasteiger partial charge in [-0.25, -0.2) is 4.79 Å². The topological polar surface area (TPSA) is 99.2 Å². The van der Waals surface area contributed by atoms with Crippen LogP contribution in [0.4, 0.5) is 4.79 Å². The van der Waals surface area contributed by atoms with Crippen molar-refractivity contribution >= 4 is 18.0 Å². The first-order chi connectivity index (χ1) is 16.7. The Hall–Kier alpha value is -3.39. The van der Waals surface area contributed by atoms with Crippen LogP contribution in [-0.4, -0.2) is 79.3 Å². The standard InChI is InChI=1S/C27H33N3O5/c1-17-12-18(26(32)33)14-30(13-17)25(31)24(15-29(2)3)28-27(34)35-16-23-21-10-6-4-8-19(21)20-9-5-7-11-22(20)23/h4-11,17-18,23-24H,12-16H2,1-3H3,(H,28,34)(H,32,33). The van der Waals surface area contributed by atoms with Crippen LogP contribution < -0.4 is 5.32 Å². The van der Waals surface area contributed by atoms with Crippen molar-refractivity contribution in [1.82, 2.24) is 15.1 Å². The third kappa shape index (κ3) is 5.48. The third-order valence-corrected chi connectivity index (χ3v) is 6.80. The summed E-state index contributed by atoms with van der Waals surface area (Å²) in [7, 11) is 3.64. The van der Waals surface area contributed by atoms with E-state index in [0.29, 0.717) is 13.0 Å². The van der Waals surface area contributed by atoms with Crippen LogP contribution >= 0.6 is 0 Å². The first-order valence-corrected chi connectivity index (χ1v) is 12.0. The molecule has 2 aliphatic rings. The Bertz CT molecular complexity index is 1060. The SMILES string of the molecule is CC1CC(C(=O)O)CN(C(=O)C(CN(C)C)NC(=O)OCC2c3ccccc3-c3ccccc32)C1. The van der Waals surface area contributed by atoms with Crippen molar-refractivity contribution in [1.29, 1.82) is 0 Å². The maximum absolute atomic E-state index is 13.3. The Kier molecular flexibility index (Phi) is 7.40. The van der Waals surface area contributed by atoms with E-state index in [9.17, 15) is 19.5 Å². The summed E-state index contributed by atoms with van der Waals surface area (Å²) in [5.41, 5.74) is 4.52. The summed E-state index contributed by atoms with van der Waals surface area (Å²) < 4.78 is 5.64. The first-order valence-electron chi connectivity index (χ1n) is 12.0. The minimum atomic E-state index is -0.900. The quantitative estimate of drug-likeness (QED) is 0.633. The minimum absolute atomic E-state index is 0.0725. The number of hydrogen-bond acceptors (Lipinski definition) is 5. The van der Waals surface area contributed by atoms with Crippen molar-refractivity contribution in [2.75, 3.05) is 40.3 Å². The number of benzene rings is 2. The van der Waals surface area contributed by atoms with Gasteiger partial charge in [0.15, 0.2) is 0 Å². The number of ether oxygens (including phenoxy) is 1. The molecule has 1 heterocycles. The van der Waals surface area contributed by atoms with Crippen LogP contribution in [0.3, 0.4) is 0 Å². The highest BCUT2D eigenvalue weighted by Gasteiger charge is 2.36. The smallest absolute Gasteiger partial charge is 0.407 e. The number of carboxylic acids is 1. The molecule has 35 heavy (non-hydrogen) atoms. The van der Waals surface area contributed by atoms with E-state index in [1.165, 1.54) is 0 Å². The number of nitrogens with zero attached hydrogens (tertiary/aromatic N) is 2. The van der Waals surface area contributed by atoms with Gasteiger partial charge in [-0.15, -0.1) is 0 Å². The van der Waals surface area contributed by atoms with E-state index < -0.39 is 24.0 Å². The first kappa shape index (κ1) is 24.7. The number of amides is 2. The second-order valence-electron chi connectivity index (χ2n) is 9.90. The van der Waals surface area contributed by atoms with Crippen molar-refractivity contribution in [3.05, 3.63) is 59.7 Å². The number of likely N-dealkylation sites (N-methyl/N-ethyl adjacent to an activating group) is 1. The van der Waals surface area contributed by atoms with E-state index in [4.69, 9.17) is 4.74 Å². The number of nitrogens with one attached hydrogen (secondary N) is 1. The second kappa shape index (κ2) is 10.5. The monoisotopic (exact) mass is 479 g/mol. The Balaban J connectivity index is 1.43. The number of likely N-dealkylation sites (tertiary alicyclic amines) is 1. The average Bonchev–Trinajstić information content (AvgIpc) is 3.15. The number of carbonyl (C=O) groups is 3. The molecule has 2 N–H and O–H groups in total. The Morgan fingerprint density at radius 1 is 1.06 bits per heavy atom. The van der Waals surface area contributed by atoms with Crippen LogP contribution in [-0.2, 0) is 14.3 Å². The van der Waals surface area contributed by atoms with Crippen LogP contribution in [0.25, 0.3) is 11.1 Å². The summed E-state index contributed by atoms with van der Waals surface area (Å²) in [6.45, 7) is 3.00. The summed E-state index contributed by atoms with van der Waals surface area (Å²) in [6.07, 6.45) is -0.121. The van der Waals surface area contributed by atoms with Gasteiger partial charge in [-0.1, -0.05) is 55.5 Å². The van der Waals surface area contributed by atoms with Crippen molar-refractivity contribution in [3.8, 4) is 11.1 Å². The number of hydrogen-bond donors (Lipinski definition) is 2. The van der Waals surface area contributed by atoms with Gasteiger partial charge in [0.05, 0.1) is 5.92 Å². The minimum Gasteiger partial charge on any atom is -0.481 e. The molecular weight excluding hydrogens is 446 g/mol. The number of piperidine rings is 1. The van der Waals surface area contributed by atoms with E-state index in [-0.39, 0.29) is 37.4 Å². The van der Waals surface area contributed by atoms with Crippen LogP contribution in [0.1, 0.15) is 30.4 Å². The van der Waals surface area contributed by atoms with Crippen LogP contribution in [0.15, 0.2) is 48.5 Å². The molecule has 2 aromatic carbocycles. The van der Waals surface area contributed by atoms with Gasteiger partial charge in [-0.2, -0.15) is 0 Å². The lowest BCUT2D eigenvalue weighted by Crippen LogP contribution is -2.56. The molecule has 2 aromatic rings. The van der Waals surface area contributed by atoms with Crippen LogP contribution in [0, 0.1) is 11.8 Å². The summed E-state index contributed by atoms with van der Waals surface area (Å²) in [5, 5.41) is 12.2. The molecule has 2 amide bonds.